The minimum atomic E-state index is -0.256. The van der Waals surface area contributed by atoms with Gasteiger partial charge in [-0.25, -0.2) is 4.79 Å². The van der Waals surface area contributed by atoms with E-state index >= 15 is 0 Å². The normalized spacial score (nSPS) is 22.5. The highest BCUT2D eigenvalue weighted by atomic mass is 16.3. The maximum atomic E-state index is 12.1. The second-order valence-corrected chi connectivity index (χ2v) is 6.31. The summed E-state index contributed by atoms with van der Waals surface area (Å²) in [4.78, 5) is 14.3. The molecule has 0 aromatic heterocycles. The first-order chi connectivity index (χ1) is 10.6. The number of urea groups is 1. The summed E-state index contributed by atoms with van der Waals surface area (Å²) in [5.74, 6) is 0. The number of benzene rings is 1. The fourth-order valence-electron chi connectivity index (χ4n) is 3.03. The van der Waals surface area contributed by atoms with Crippen LogP contribution < -0.4 is 10.6 Å². The standard InChI is InChI=1S/C17H27N3O2/c1-20(2)16-9-8-14(11-16)18-17(22)19-15(12-21)10-13-6-4-3-5-7-13/h3-7,14-16,21H,8-12H2,1-2H3,(H2,18,19,22). The number of hydrogen-bond acceptors (Lipinski definition) is 3. The molecule has 1 fully saturated rings. The van der Waals surface area contributed by atoms with Gasteiger partial charge in [0, 0.05) is 12.1 Å². The molecule has 2 amide bonds. The quantitative estimate of drug-likeness (QED) is 0.744. The molecule has 0 aliphatic heterocycles. The highest BCUT2D eigenvalue weighted by molar-refractivity contribution is 5.74. The van der Waals surface area contributed by atoms with Crippen LogP contribution >= 0.6 is 0 Å². The molecule has 0 saturated heterocycles. The molecule has 3 N–H and O–H groups in total. The van der Waals surface area contributed by atoms with Crippen LogP contribution in [0.25, 0.3) is 0 Å². The molecule has 1 aromatic carbocycles. The fourth-order valence-corrected chi connectivity index (χ4v) is 3.03. The van der Waals surface area contributed by atoms with Gasteiger partial charge in [-0.3, -0.25) is 0 Å². The third-order valence-electron chi connectivity index (χ3n) is 4.35. The van der Waals surface area contributed by atoms with E-state index in [9.17, 15) is 9.90 Å². The molecule has 1 aliphatic carbocycles. The number of carbonyl (C=O) groups is 1. The molecule has 0 spiro atoms. The molecule has 5 nitrogen and oxygen atoms in total. The lowest BCUT2D eigenvalue weighted by atomic mass is 10.1. The van der Waals surface area contributed by atoms with Crippen molar-refractivity contribution in [2.24, 2.45) is 0 Å². The number of nitrogens with one attached hydrogen (secondary N) is 2. The Morgan fingerprint density at radius 2 is 2.05 bits per heavy atom. The van der Waals surface area contributed by atoms with Crippen molar-refractivity contribution in [1.29, 1.82) is 0 Å². The van der Waals surface area contributed by atoms with Crippen LogP contribution in [0, 0.1) is 0 Å². The second kappa shape index (κ2) is 8.15. The highest BCUT2D eigenvalue weighted by Gasteiger charge is 2.27. The van der Waals surface area contributed by atoms with Gasteiger partial charge in [0.15, 0.2) is 0 Å². The molecule has 5 heteroatoms. The van der Waals surface area contributed by atoms with E-state index in [2.05, 4.69) is 29.6 Å². The largest absolute Gasteiger partial charge is 0.394 e. The lowest BCUT2D eigenvalue weighted by Gasteiger charge is -2.21. The minimum Gasteiger partial charge on any atom is -0.394 e. The van der Waals surface area contributed by atoms with Crippen molar-refractivity contribution >= 4 is 6.03 Å². The molecule has 3 unspecified atom stereocenters. The third kappa shape index (κ3) is 5.00. The topological polar surface area (TPSA) is 64.6 Å². The van der Waals surface area contributed by atoms with Gasteiger partial charge in [0.25, 0.3) is 0 Å². The Kier molecular flexibility index (Phi) is 6.21. The summed E-state index contributed by atoms with van der Waals surface area (Å²) in [5.41, 5.74) is 1.11. The number of aliphatic hydroxyl groups is 1. The van der Waals surface area contributed by atoms with Gasteiger partial charge in [0.1, 0.15) is 0 Å². The third-order valence-corrected chi connectivity index (χ3v) is 4.35. The van der Waals surface area contributed by atoms with E-state index in [1.165, 1.54) is 0 Å². The summed E-state index contributed by atoms with van der Waals surface area (Å²) >= 11 is 0. The predicted molar refractivity (Wildman–Crippen MR) is 87.8 cm³/mol. The number of rotatable bonds is 6. The Balaban J connectivity index is 1.78. The lowest BCUT2D eigenvalue weighted by Crippen LogP contribution is -2.48. The number of carbonyl (C=O) groups excluding carboxylic acids is 1. The van der Waals surface area contributed by atoms with Crippen LogP contribution in [0.4, 0.5) is 4.79 Å². The Morgan fingerprint density at radius 1 is 1.32 bits per heavy atom. The van der Waals surface area contributed by atoms with E-state index in [4.69, 9.17) is 0 Å². The lowest BCUT2D eigenvalue weighted by molar-refractivity contribution is 0.212. The van der Waals surface area contributed by atoms with Gasteiger partial charge in [-0.05, 0) is 45.3 Å². The van der Waals surface area contributed by atoms with E-state index < -0.39 is 0 Å². The highest BCUT2D eigenvalue weighted by Crippen LogP contribution is 2.22. The summed E-state index contributed by atoms with van der Waals surface area (Å²) in [6.07, 6.45) is 3.75. The average Bonchev–Trinajstić information content (AvgIpc) is 2.96. The van der Waals surface area contributed by atoms with Crippen molar-refractivity contribution in [3.8, 4) is 0 Å². The molecule has 22 heavy (non-hydrogen) atoms. The van der Waals surface area contributed by atoms with Crippen molar-refractivity contribution < 1.29 is 9.90 Å². The predicted octanol–water partition coefficient (Wildman–Crippen LogP) is 1.37. The molecule has 0 radical (unpaired) electrons. The van der Waals surface area contributed by atoms with E-state index in [-0.39, 0.29) is 24.7 Å². The average molecular weight is 305 g/mol. The molecular weight excluding hydrogens is 278 g/mol. The second-order valence-electron chi connectivity index (χ2n) is 6.31. The summed E-state index contributed by atoms with van der Waals surface area (Å²) in [6, 6.07) is 10.2. The smallest absolute Gasteiger partial charge is 0.315 e. The first-order valence-electron chi connectivity index (χ1n) is 7.96. The van der Waals surface area contributed by atoms with Gasteiger partial charge >= 0.3 is 6.03 Å². The van der Waals surface area contributed by atoms with Crippen molar-refractivity contribution in [3.63, 3.8) is 0 Å². The van der Waals surface area contributed by atoms with Crippen LogP contribution in [0.2, 0.25) is 0 Å². The van der Waals surface area contributed by atoms with Crippen molar-refractivity contribution in [2.75, 3.05) is 20.7 Å². The van der Waals surface area contributed by atoms with E-state index in [1.807, 2.05) is 30.3 Å². The monoisotopic (exact) mass is 305 g/mol. The molecule has 0 bridgehead atoms. The van der Waals surface area contributed by atoms with Crippen LogP contribution in [0.15, 0.2) is 30.3 Å². The Labute approximate surface area is 132 Å². The SMILES string of the molecule is CN(C)C1CCC(NC(=O)NC(CO)Cc2ccccc2)C1. The maximum absolute atomic E-state index is 12.1. The zero-order valence-corrected chi connectivity index (χ0v) is 13.5. The van der Waals surface area contributed by atoms with Crippen LogP contribution in [0.3, 0.4) is 0 Å². The molecule has 1 aliphatic rings. The van der Waals surface area contributed by atoms with E-state index in [0.29, 0.717) is 12.5 Å². The summed E-state index contributed by atoms with van der Waals surface area (Å²) in [5, 5.41) is 15.4. The molecular formula is C17H27N3O2. The number of nitrogens with zero attached hydrogens (tertiary/aromatic N) is 1. The molecule has 3 atom stereocenters. The molecule has 2 rings (SSSR count). The van der Waals surface area contributed by atoms with Crippen LogP contribution in [0.1, 0.15) is 24.8 Å². The maximum Gasteiger partial charge on any atom is 0.315 e. The minimum absolute atomic E-state index is 0.0622. The van der Waals surface area contributed by atoms with Crippen molar-refractivity contribution in [3.05, 3.63) is 35.9 Å². The molecule has 122 valence electrons. The van der Waals surface area contributed by atoms with Crippen molar-refractivity contribution in [1.82, 2.24) is 15.5 Å². The van der Waals surface area contributed by atoms with Crippen LogP contribution in [0.5, 0.6) is 0 Å². The van der Waals surface area contributed by atoms with Crippen LogP contribution in [-0.4, -0.2) is 54.9 Å². The summed E-state index contributed by atoms with van der Waals surface area (Å²) < 4.78 is 0. The van der Waals surface area contributed by atoms with Gasteiger partial charge in [0.05, 0.1) is 12.6 Å². The first kappa shape index (κ1) is 16.8. The van der Waals surface area contributed by atoms with Gasteiger partial charge in [-0.15, -0.1) is 0 Å². The summed E-state index contributed by atoms with van der Waals surface area (Å²) in [6.45, 7) is -0.0622. The Bertz CT molecular complexity index is 464. The van der Waals surface area contributed by atoms with Gasteiger partial charge in [-0.1, -0.05) is 30.3 Å². The first-order valence-corrected chi connectivity index (χ1v) is 7.96. The zero-order valence-electron chi connectivity index (χ0n) is 13.5. The van der Waals surface area contributed by atoms with Gasteiger partial charge < -0.3 is 20.6 Å². The Morgan fingerprint density at radius 3 is 2.64 bits per heavy atom. The molecule has 1 aromatic rings. The van der Waals surface area contributed by atoms with E-state index in [0.717, 1.165) is 24.8 Å². The summed E-state index contributed by atoms with van der Waals surface area (Å²) in [7, 11) is 4.16. The van der Waals surface area contributed by atoms with Gasteiger partial charge in [-0.2, -0.15) is 0 Å². The van der Waals surface area contributed by atoms with Crippen LogP contribution in [-0.2, 0) is 6.42 Å². The fraction of sp³-hybridized carbons (Fsp3) is 0.588. The van der Waals surface area contributed by atoms with Crippen molar-refractivity contribution in [2.45, 2.75) is 43.8 Å². The number of amides is 2. The van der Waals surface area contributed by atoms with Gasteiger partial charge in [0.2, 0.25) is 0 Å². The van der Waals surface area contributed by atoms with E-state index in [1.54, 1.807) is 0 Å². The Hall–Kier alpha value is -1.59. The zero-order chi connectivity index (χ0) is 15.9. The number of aliphatic hydroxyl groups excluding tert-OH is 1. The molecule has 1 saturated carbocycles. The number of hydrogen-bond donors (Lipinski definition) is 3. The molecule has 0 heterocycles.